The van der Waals surface area contributed by atoms with Crippen LogP contribution in [-0.4, -0.2) is 33.3 Å². The van der Waals surface area contributed by atoms with E-state index in [2.05, 4.69) is 35.5 Å². The second-order valence-corrected chi connectivity index (χ2v) is 5.28. The van der Waals surface area contributed by atoms with Gasteiger partial charge in [-0.1, -0.05) is 13.8 Å². The van der Waals surface area contributed by atoms with Crippen molar-refractivity contribution in [2.24, 2.45) is 5.92 Å². The Morgan fingerprint density at radius 3 is 3.00 bits per heavy atom. The average Bonchev–Trinajstić information content (AvgIpc) is 2.66. The van der Waals surface area contributed by atoms with Gasteiger partial charge in [0.05, 0.1) is 6.54 Å². The maximum Gasteiger partial charge on any atom is 0.164 e. The summed E-state index contributed by atoms with van der Waals surface area (Å²) in [5.41, 5.74) is 0. The minimum absolute atomic E-state index is 0.670. The Hall–Kier alpha value is -0.550. The summed E-state index contributed by atoms with van der Waals surface area (Å²) < 4.78 is 1.93. The van der Waals surface area contributed by atoms with Crippen LogP contribution in [0.1, 0.15) is 26.1 Å². The summed E-state index contributed by atoms with van der Waals surface area (Å²) in [6, 6.07) is 0. The third kappa shape index (κ3) is 5.51. The van der Waals surface area contributed by atoms with Crippen LogP contribution in [0.5, 0.6) is 0 Å². The molecule has 0 saturated heterocycles. The topological polar surface area (TPSA) is 42.7 Å². The van der Waals surface area contributed by atoms with Crippen molar-refractivity contribution in [3.63, 3.8) is 0 Å². The number of aryl methyl sites for hydroxylation is 1. The number of nitrogens with zero attached hydrogens (tertiary/aromatic N) is 3. The highest BCUT2D eigenvalue weighted by Crippen LogP contribution is 1.98. The second kappa shape index (κ2) is 7.68. The van der Waals surface area contributed by atoms with Crippen molar-refractivity contribution in [2.45, 2.75) is 33.4 Å². The quantitative estimate of drug-likeness (QED) is 0.706. The first-order valence-corrected chi connectivity index (χ1v) is 7.19. The van der Waals surface area contributed by atoms with E-state index in [1.54, 1.807) is 0 Å². The molecule has 0 aliphatic carbocycles. The summed E-state index contributed by atoms with van der Waals surface area (Å²) >= 11 is 1.87. The largest absolute Gasteiger partial charge is 0.310 e. The lowest BCUT2D eigenvalue weighted by atomic mass is 10.2. The van der Waals surface area contributed by atoms with E-state index in [0.717, 1.165) is 31.9 Å². The third-order valence-corrected chi connectivity index (χ3v) is 2.85. The molecule has 0 aliphatic heterocycles. The molecule has 0 unspecified atom stereocenters. The Balaban J connectivity index is 2.22. The zero-order chi connectivity index (χ0) is 11.8. The molecule has 0 atom stereocenters. The van der Waals surface area contributed by atoms with E-state index in [4.69, 9.17) is 0 Å². The summed E-state index contributed by atoms with van der Waals surface area (Å²) in [6.45, 7) is 7.15. The van der Waals surface area contributed by atoms with E-state index in [1.807, 2.05) is 22.8 Å². The van der Waals surface area contributed by atoms with Gasteiger partial charge in [-0.3, -0.25) is 4.68 Å². The number of aromatic nitrogens is 3. The van der Waals surface area contributed by atoms with Crippen LogP contribution in [0.15, 0.2) is 6.33 Å². The number of nitrogens with one attached hydrogen (secondary N) is 1. The minimum Gasteiger partial charge on any atom is -0.310 e. The van der Waals surface area contributed by atoms with Gasteiger partial charge in [-0.25, -0.2) is 4.98 Å². The Morgan fingerprint density at radius 1 is 1.50 bits per heavy atom. The van der Waals surface area contributed by atoms with Crippen LogP contribution in [0.25, 0.3) is 0 Å². The van der Waals surface area contributed by atoms with Gasteiger partial charge in [-0.2, -0.15) is 16.9 Å². The molecule has 0 saturated carbocycles. The molecule has 1 N–H and O–H groups in total. The molecular formula is C11H22N4S. The maximum absolute atomic E-state index is 4.41. The van der Waals surface area contributed by atoms with E-state index in [0.29, 0.717) is 5.92 Å². The van der Waals surface area contributed by atoms with E-state index < -0.39 is 0 Å². The number of hydrogen-bond donors (Lipinski definition) is 1. The lowest BCUT2D eigenvalue weighted by Crippen LogP contribution is -2.19. The van der Waals surface area contributed by atoms with Crippen LogP contribution < -0.4 is 5.32 Å². The summed E-state index contributed by atoms with van der Waals surface area (Å²) in [6.07, 6.45) is 5.11. The molecule has 92 valence electrons. The summed E-state index contributed by atoms with van der Waals surface area (Å²) in [5, 5.41) is 7.75. The second-order valence-electron chi connectivity index (χ2n) is 4.29. The van der Waals surface area contributed by atoms with Crippen molar-refractivity contribution in [1.82, 2.24) is 20.1 Å². The molecule has 0 radical (unpaired) electrons. The van der Waals surface area contributed by atoms with Gasteiger partial charge in [0.1, 0.15) is 6.33 Å². The van der Waals surface area contributed by atoms with Crippen molar-refractivity contribution < 1.29 is 0 Å². The van der Waals surface area contributed by atoms with E-state index in [-0.39, 0.29) is 0 Å². The smallest absolute Gasteiger partial charge is 0.164 e. The van der Waals surface area contributed by atoms with Crippen molar-refractivity contribution >= 4 is 11.8 Å². The first kappa shape index (κ1) is 13.5. The van der Waals surface area contributed by atoms with E-state index >= 15 is 0 Å². The van der Waals surface area contributed by atoms with Gasteiger partial charge in [-0.15, -0.1) is 0 Å². The first-order chi connectivity index (χ1) is 7.72. The van der Waals surface area contributed by atoms with Gasteiger partial charge >= 0.3 is 0 Å². The molecule has 0 spiro atoms. The number of thioether (sulfide) groups is 1. The standard InChI is InChI=1S/C11H22N4S/c1-10(2)7-12-8-11-13-9-15(14-11)5-4-6-16-3/h9-10,12H,4-8H2,1-3H3. The lowest BCUT2D eigenvalue weighted by Gasteiger charge is -2.04. The molecule has 0 fully saturated rings. The molecule has 1 rings (SSSR count). The molecule has 16 heavy (non-hydrogen) atoms. The Labute approximate surface area is 102 Å². The first-order valence-electron chi connectivity index (χ1n) is 5.80. The zero-order valence-corrected chi connectivity index (χ0v) is 11.3. The van der Waals surface area contributed by atoms with Crippen molar-refractivity contribution in [1.29, 1.82) is 0 Å². The highest BCUT2D eigenvalue weighted by molar-refractivity contribution is 7.98. The van der Waals surface area contributed by atoms with E-state index in [9.17, 15) is 0 Å². The Bertz CT molecular complexity index is 285. The van der Waals surface area contributed by atoms with Crippen LogP contribution in [-0.2, 0) is 13.1 Å². The molecule has 0 aliphatic rings. The van der Waals surface area contributed by atoms with Crippen LogP contribution in [0, 0.1) is 5.92 Å². The van der Waals surface area contributed by atoms with E-state index in [1.165, 1.54) is 5.75 Å². The van der Waals surface area contributed by atoms with Gasteiger partial charge in [0.15, 0.2) is 5.82 Å². The zero-order valence-electron chi connectivity index (χ0n) is 10.4. The van der Waals surface area contributed by atoms with Crippen LogP contribution in [0.4, 0.5) is 0 Å². The fraction of sp³-hybridized carbons (Fsp3) is 0.818. The summed E-state index contributed by atoms with van der Waals surface area (Å²) in [5.74, 6) is 2.74. The molecule has 1 aromatic heterocycles. The average molecular weight is 242 g/mol. The van der Waals surface area contributed by atoms with Gasteiger partial charge in [0.2, 0.25) is 0 Å². The van der Waals surface area contributed by atoms with Gasteiger partial charge in [-0.05, 0) is 30.9 Å². The Morgan fingerprint density at radius 2 is 2.31 bits per heavy atom. The highest BCUT2D eigenvalue weighted by Gasteiger charge is 2.00. The van der Waals surface area contributed by atoms with Crippen LogP contribution >= 0.6 is 11.8 Å². The fourth-order valence-electron chi connectivity index (χ4n) is 1.37. The molecule has 0 aromatic carbocycles. The number of hydrogen-bond acceptors (Lipinski definition) is 4. The van der Waals surface area contributed by atoms with Crippen molar-refractivity contribution in [3.05, 3.63) is 12.2 Å². The monoisotopic (exact) mass is 242 g/mol. The minimum atomic E-state index is 0.670. The highest BCUT2D eigenvalue weighted by atomic mass is 32.2. The van der Waals surface area contributed by atoms with Crippen molar-refractivity contribution in [3.8, 4) is 0 Å². The third-order valence-electron chi connectivity index (χ3n) is 2.16. The van der Waals surface area contributed by atoms with Crippen molar-refractivity contribution in [2.75, 3.05) is 18.6 Å². The molecule has 5 heteroatoms. The van der Waals surface area contributed by atoms with Gasteiger partial charge < -0.3 is 5.32 Å². The van der Waals surface area contributed by atoms with Gasteiger partial charge in [0.25, 0.3) is 0 Å². The SMILES string of the molecule is CSCCCn1cnc(CNCC(C)C)n1. The Kier molecular flexibility index (Phi) is 6.49. The molecule has 1 aromatic rings. The fourth-order valence-corrected chi connectivity index (χ4v) is 1.78. The number of rotatable bonds is 8. The lowest BCUT2D eigenvalue weighted by molar-refractivity contribution is 0.535. The summed E-state index contributed by atoms with van der Waals surface area (Å²) in [4.78, 5) is 4.27. The molecule has 0 bridgehead atoms. The molecule has 4 nitrogen and oxygen atoms in total. The predicted octanol–water partition coefficient (Wildman–Crippen LogP) is 1.78. The summed E-state index contributed by atoms with van der Waals surface area (Å²) in [7, 11) is 0. The normalized spacial score (nSPS) is 11.2. The molecular weight excluding hydrogens is 220 g/mol. The molecule has 1 heterocycles. The predicted molar refractivity (Wildman–Crippen MR) is 69.6 cm³/mol. The molecule has 0 amide bonds. The maximum atomic E-state index is 4.41. The van der Waals surface area contributed by atoms with Gasteiger partial charge in [0, 0.05) is 6.54 Å². The van der Waals surface area contributed by atoms with Crippen LogP contribution in [0.2, 0.25) is 0 Å². The van der Waals surface area contributed by atoms with Crippen LogP contribution in [0.3, 0.4) is 0 Å².